The van der Waals surface area contributed by atoms with Crippen LogP contribution in [0.4, 0.5) is 0 Å². The van der Waals surface area contributed by atoms with Gasteiger partial charge in [-0.15, -0.1) is 0 Å². The summed E-state index contributed by atoms with van der Waals surface area (Å²) >= 11 is 0. The van der Waals surface area contributed by atoms with E-state index in [9.17, 15) is 0 Å². The molecule has 0 aliphatic carbocycles. The van der Waals surface area contributed by atoms with Gasteiger partial charge in [0.1, 0.15) is 0 Å². The Kier molecular flexibility index (Phi) is 1.87. The average Bonchev–Trinajstić information content (AvgIpc) is 2.47. The number of rotatable bonds is 1. The first-order valence-corrected chi connectivity index (χ1v) is 4.59. The van der Waals surface area contributed by atoms with Crippen LogP contribution in [0.2, 0.25) is 0 Å². The minimum Gasteiger partial charge on any atom is -0.358 e. The normalized spacial score (nSPS) is 11.0. The Hall–Kier alpha value is -1.24. The molecule has 2 aromatic rings. The molecule has 0 spiro atoms. The Balaban J connectivity index is 2.75. The topological polar surface area (TPSA) is 15.8 Å². The molecule has 0 saturated heterocycles. The van der Waals surface area contributed by atoms with Crippen molar-refractivity contribution in [2.75, 3.05) is 0 Å². The maximum absolute atomic E-state index is 3.87. The van der Waals surface area contributed by atoms with Gasteiger partial charge in [0.05, 0.1) is 0 Å². The van der Waals surface area contributed by atoms with Gasteiger partial charge in [0, 0.05) is 16.6 Å². The molecule has 1 radical (unpaired) electrons. The van der Waals surface area contributed by atoms with Crippen molar-refractivity contribution in [1.29, 1.82) is 0 Å². The van der Waals surface area contributed by atoms with E-state index < -0.39 is 0 Å². The van der Waals surface area contributed by atoms with Crippen LogP contribution in [0.5, 0.6) is 0 Å². The van der Waals surface area contributed by atoms with E-state index in [2.05, 4.69) is 44.0 Å². The number of H-pyrrole nitrogens is 1. The SMILES string of the molecule is [CH2]Cc1cc2c(C)cc(C)cc2[nH]1. The lowest BCUT2D eigenvalue weighted by Crippen LogP contribution is -1.78. The zero-order valence-electron chi connectivity index (χ0n) is 8.15. The number of aromatic amines is 1. The third-order valence-electron chi connectivity index (χ3n) is 2.41. The number of aromatic nitrogens is 1. The van der Waals surface area contributed by atoms with E-state index in [1.54, 1.807) is 0 Å². The zero-order valence-corrected chi connectivity index (χ0v) is 8.15. The zero-order chi connectivity index (χ0) is 9.42. The summed E-state index contributed by atoms with van der Waals surface area (Å²) in [4.78, 5) is 3.36. The standard InChI is InChI=1S/C12H14N/c1-4-10-7-11-9(3)5-8(2)6-12(11)13-10/h5-7,13H,1,4H2,2-3H3. The molecule has 67 valence electrons. The summed E-state index contributed by atoms with van der Waals surface area (Å²) < 4.78 is 0. The quantitative estimate of drug-likeness (QED) is 0.680. The molecule has 1 N–H and O–H groups in total. The van der Waals surface area contributed by atoms with Gasteiger partial charge in [-0.2, -0.15) is 0 Å². The van der Waals surface area contributed by atoms with Gasteiger partial charge >= 0.3 is 0 Å². The summed E-state index contributed by atoms with van der Waals surface area (Å²) in [5.41, 5.74) is 5.09. The van der Waals surface area contributed by atoms with E-state index in [1.807, 2.05) is 0 Å². The second-order valence-corrected chi connectivity index (χ2v) is 3.59. The fourth-order valence-corrected chi connectivity index (χ4v) is 1.79. The van der Waals surface area contributed by atoms with Gasteiger partial charge in [-0.25, -0.2) is 0 Å². The lowest BCUT2D eigenvalue weighted by molar-refractivity contribution is 1.17. The highest BCUT2D eigenvalue weighted by molar-refractivity contribution is 5.84. The van der Waals surface area contributed by atoms with Gasteiger partial charge in [-0.1, -0.05) is 6.07 Å². The maximum atomic E-state index is 3.87. The molecule has 0 amide bonds. The van der Waals surface area contributed by atoms with E-state index >= 15 is 0 Å². The summed E-state index contributed by atoms with van der Waals surface area (Å²) in [6, 6.07) is 6.58. The molecule has 0 atom stereocenters. The van der Waals surface area contributed by atoms with Crippen molar-refractivity contribution in [3.63, 3.8) is 0 Å². The number of hydrogen-bond donors (Lipinski definition) is 1. The molecule has 0 saturated carbocycles. The van der Waals surface area contributed by atoms with Gasteiger partial charge in [0.25, 0.3) is 0 Å². The first kappa shape index (κ1) is 8.36. The van der Waals surface area contributed by atoms with Gasteiger partial charge in [0.2, 0.25) is 0 Å². The van der Waals surface area contributed by atoms with Crippen LogP contribution in [-0.2, 0) is 6.42 Å². The van der Waals surface area contributed by atoms with Crippen molar-refractivity contribution in [1.82, 2.24) is 4.98 Å². The number of hydrogen-bond acceptors (Lipinski definition) is 0. The number of fused-ring (bicyclic) bond motifs is 1. The molecular formula is C12H14N. The van der Waals surface area contributed by atoms with E-state index in [4.69, 9.17) is 0 Å². The summed E-state index contributed by atoms with van der Waals surface area (Å²) in [5.74, 6) is 0. The molecule has 0 bridgehead atoms. The Morgan fingerprint density at radius 2 is 2.00 bits per heavy atom. The van der Waals surface area contributed by atoms with Crippen molar-refractivity contribution in [2.24, 2.45) is 0 Å². The molecule has 1 nitrogen and oxygen atoms in total. The third kappa shape index (κ3) is 1.35. The van der Waals surface area contributed by atoms with E-state index in [-0.39, 0.29) is 0 Å². The molecule has 13 heavy (non-hydrogen) atoms. The van der Waals surface area contributed by atoms with Crippen LogP contribution < -0.4 is 0 Å². The minimum atomic E-state index is 0.827. The highest BCUT2D eigenvalue weighted by atomic mass is 14.7. The van der Waals surface area contributed by atoms with E-state index in [0.29, 0.717) is 0 Å². The molecule has 0 aliphatic heterocycles. The van der Waals surface area contributed by atoms with Crippen molar-refractivity contribution in [3.8, 4) is 0 Å². The van der Waals surface area contributed by atoms with Crippen molar-refractivity contribution in [2.45, 2.75) is 20.3 Å². The van der Waals surface area contributed by atoms with Crippen molar-refractivity contribution in [3.05, 3.63) is 41.9 Å². The van der Waals surface area contributed by atoms with Crippen LogP contribution in [0.1, 0.15) is 16.8 Å². The largest absolute Gasteiger partial charge is 0.358 e. The molecule has 1 aromatic carbocycles. The predicted molar refractivity (Wildman–Crippen MR) is 56.8 cm³/mol. The average molecular weight is 172 g/mol. The van der Waals surface area contributed by atoms with Crippen LogP contribution in [0.25, 0.3) is 10.9 Å². The molecular weight excluding hydrogens is 158 g/mol. The lowest BCUT2D eigenvalue weighted by Gasteiger charge is -1.97. The fourth-order valence-electron chi connectivity index (χ4n) is 1.79. The molecule has 0 fully saturated rings. The summed E-state index contributed by atoms with van der Waals surface area (Å²) in [5, 5.41) is 1.32. The molecule has 0 unspecified atom stereocenters. The molecule has 1 heteroatoms. The number of aryl methyl sites for hydroxylation is 2. The van der Waals surface area contributed by atoms with Gasteiger partial charge in [-0.05, 0) is 50.5 Å². The van der Waals surface area contributed by atoms with Crippen LogP contribution in [-0.4, -0.2) is 4.98 Å². The number of nitrogens with one attached hydrogen (secondary N) is 1. The Morgan fingerprint density at radius 1 is 1.23 bits per heavy atom. The van der Waals surface area contributed by atoms with Gasteiger partial charge in [-0.3, -0.25) is 0 Å². The minimum absolute atomic E-state index is 0.827. The highest BCUT2D eigenvalue weighted by Gasteiger charge is 2.02. The second-order valence-electron chi connectivity index (χ2n) is 3.59. The Bertz CT molecular complexity index is 438. The molecule has 2 rings (SSSR count). The Morgan fingerprint density at radius 3 is 2.69 bits per heavy atom. The first-order valence-electron chi connectivity index (χ1n) is 4.59. The predicted octanol–water partition coefficient (Wildman–Crippen LogP) is 3.16. The molecule has 1 heterocycles. The third-order valence-corrected chi connectivity index (χ3v) is 2.41. The van der Waals surface area contributed by atoms with Gasteiger partial charge < -0.3 is 4.98 Å². The van der Waals surface area contributed by atoms with E-state index in [0.717, 1.165) is 6.42 Å². The van der Waals surface area contributed by atoms with Crippen molar-refractivity contribution < 1.29 is 0 Å². The maximum Gasteiger partial charge on any atom is 0.0461 e. The van der Waals surface area contributed by atoms with Gasteiger partial charge in [0.15, 0.2) is 0 Å². The van der Waals surface area contributed by atoms with Crippen molar-refractivity contribution >= 4 is 10.9 Å². The highest BCUT2D eigenvalue weighted by Crippen LogP contribution is 2.21. The molecule has 0 aliphatic rings. The van der Waals surface area contributed by atoms with E-state index in [1.165, 1.54) is 27.7 Å². The van der Waals surface area contributed by atoms with Crippen LogP contribution in [0, 0.1) is 20.8 Å². The first-order chi connectivity index (χ1) is 6.20. The summed E-state index contributed by atoms with van der Waals surface area (Å²) in [6.07, 6.45) is 0.827. The van der Waals surface area contributed by atoms with Crippen LogP contribution in [0.3, 0.4) is 0 Å². The summed E-state index contributed by atoms with van der Waals surface area (Å²) in [6.45, 7) is 8.14. The lowest BCUT2D eigenvalue weighted by atomic mass is 10.1. The number of benzene rings is 1. The second kappa shape index (κ2) is 2.91. The van der Waals surface area contributed by atoms with Crippen LogP contribution in [0.15, 0.2) is 18.2 Å². The molecule has 1 aromatic heterocycles. The Labute approximate surface area is 78.8 Å². The van der Waals surface area contributed by atoms with Crippen LogP contribution >= 0.6 is 0 Å². The fraction of sp³-hybridized carbons (Fsp3) is 0.250. The summed E-state index contributed by atoms with van der Waals surface area (Å²) in [7, 11) is 0. The monoisotopic (exact) mass is 172 g/mol. The smallest absolute Gasteiger partial charge is 0.0461 e.